The van der Waals surface area contributed by atoms with Crippen LogP contribution in [0.2, 0.25) is 0 Å². The van der Waals surface area contributed by atoms with Gasteiger partial charge >= 0.3 is 0 Å². The molecule has 1 fully saturated rings. The maximum atomic E-state index is 12.7. The second kappa shape index (κ2) is 10.1. The van der Waals surface area contributed by atoms with Crippen molar-refractivity contribution in [3.05, 3.63) is 47.2 Å². The summed E-state index contributed by atoms with van der Waals surface area (Å²) in [6.45, 7) is 7.93. The molecule has 31 heavy (non-hydrogen) atoms. The van der Waals surface area contributed by atoms with E-state index in [0.717, 1.165) is 36.6 Å². The predicted molar refractivity (Wildman–Crippen MR) is 124 cm³/mol. The number of carbonyl (C=O) groups is 1. The molecule has 1 saturated heterocycles. The van der Waals surface area contributed by atoms with Crippen LogP contribution in [0.25, 0.3) is 10.8 Å². The molecule has 1 aliphatic heterocycles. The van der Waals surface area contributed by atoms with Crippen molar-refractivity contribution in [1.82, 2.24) is 15.1 Å². The van der Waals surface area contributed by atoms with Crippen molar-refractivity contribution < 1.29 is 9.21 Å². The van der Waals surface area contributed by atoms with Crippen LogP contribution in [0, 0.1) is 6.92 Å². The van der Waals surface area contributed by atoms with Gasteiger partial charge in [0.25, 0.3) is 5.89 Å². The van der Waals surface area contributed by atoms with Crippen LogP contribution < -0.4 is 10.2 Å². The molecule has 1 aromatic carbocycles. The van der Waals surface area contributed by atoms with E-state index in [1.165, 1.54) is 24.1 Å². The third kappa shape index (κ3) is 5.51. The Kier molecular flexibility index (Phi) is 6.99. The Labute approximate surface area is 187 Å². The van der Waals surface area contributed by atoms with Crippen molar-refractivity contribution in [2.24, 2.45) is 0 Å². The lowest BCUT2D eigenvalue weighted by Gasteiger charge is -2.21. The first-order valence-corrected chi connectivity index (χ1v) is 11.7. The first kappa shape index (κ1) is 21.5. The number of amides is 1. The lowest BCUT2D eigenvalue weighted by Crippen LogP contribution is -2.33. The lowest BCUT2D eigenvalue weighted by atomic mass is 10.1. The van der Waals surface area contributed by atoms with Crippen molar-refractivity contribution in [3.63, 3.8) is 0 Å². The summed E-state index contributed by atoms with van der Waals surface area (Å²) in [5.74, 6) is 1.01. The highest BCUT2D eigenvalue weighted by Gasteiger charge is 2.17. The number of rotatable bonds is 9. The van der Waals surface area contributed by atoms with Crippen LogP contribution in [0.5, 0.6) is 0 Å². The molecule has 164 valence electrons. The van der Waals surface area contributed by atoms with Gasteiger partial charge in [0.1, 0.15) is 0 Å². The normalized spacial score (nSPS) is 13.8. The summed E-state index contributed by atoms with van der Waals surface area (Å²) < 4.78 is 5.79. The van der Waals surface area contributed by atoms with Crippen LogP contribution in [0.15, 0.2) is 40.1 Å². The van der Waals surface area contributed by atoms with Gasteiger partial charge in [0.15, 0.2) is 0 Å². The number of nitrogens with zero attached hydrogens (tertiary/aromatic N) is 4. The smallest absolute Gasteiger partial charge is 0.257 e. The molecule has 0 unspecified atom stereocenters. The van der Waals surface area contributed by atoms with Crippen molar-refractivity contribution in [1.29, 1.82) is 0 Å². The van der Waals surface area contributed by atoms with E-state index in [-0.39, 0.29) is 12.5 Å². The lowest BCUT2D eigenvalue weighted by molar-refractivity contribution is -0.117. The zero-order valence-corrected chi connectivity index (χ0v) is 19.0. The summed E-state index contributed by atoms with van der Waals surface area (Å²) in [6, 6.07) is 10.1. The first-order valence-electron chi connectivity index (χ1n) is 10.9. The summed E-state index contributed by atoms with van der Waals surface area (Å²) in [4.78, 5) is 18.1. The van der Waals surface area contributed by atoms with Gasteiger partial charge in [-0.2, -0.15) is 0 Å². The Hall–Kier alpha value is -2.71. The molecule has 1 aliphatic rings. The van der Waals surface area contributed by atoms with E-state index in [1.807, 2.05) is 28.5 Å². The topological polar surface area (TPSA) is 74.5 Å². The minimum absolute atomic E-state index is 0.0419. The van der Waals surface area contributed by atoms with E-state index >= 15 is 0 Å². The van der Waals surface area contributed by atoms with E-state index in [1.54, 1.807) is 11.3 Å². The maximum Gasteiger partial charge on any atom is 0.257 e. The van der Waals surface area contributed by atoms with Crippen LogP contribution in [0.4, 0.5) is 11.4 Å². The Morgan fingerprint density at radius 3 is 2.81 bits per heavy atom. The van der Waals surface area contributed by atoms with Gasteiger partial charge in [-0.25, -0.2) is 0 Å². The zero-order chi connectivity index (χ0) is 21.6. The Balaban J connectivity index is 1.35. The largest absolute Gasteiger partial charge is 0.419 e. The zero-order valence-electron chi connectivity index (χ0n) is 18.1. The van der Waals surface area contributed by atoms with E-state index in [2.05, 4.69) is 46.4 Å². The second-order valence-corrected chi connectivity index (χ2v) is 8.88. The van der Waals surface area contributed by atoms with Crippen LogP contribution in [0.3, 0.4) is 0 Å². The summed E-state index contributed by atoms with van der Waals surface area (Å²) in [5.41, 5.74) is 3.29. The minimum atomic E-state index is -0.0419. The number of hydrogen-bond donors (Lipinski definition) is 1. The quantitative estimate of drug-likeness (QED) is 0.527. The van der Waals surface area contributed by atoms with E-state index in [4.69, 9.17) is 4.42 Å². The van der Waals surface area contributed by atoms with Crippen LogP contribution in [0.1, 0.15) is 37.6 Å². The van der Waals surface area contributed by atoms with Gasteiger partial charge in [0.2, 0.25) is 11.8 Å². The van der Waals surface area contributed by atoms with Crippen LogP contribution in [-0.2, 0) is 11.3 Å². The Morgan fingerprint density at radius 2 is 2.10 bits per heavy atom. The fourth-order valence-electron chi connectivity index (χ4n) is 3.99. The SMILES string of the molecule is CCCN(CC(=O)Nc1ccc(N2CCCC2)c(C)c1)Cc1nnc(-c2cccs2)o1. The monoisotopic (exact) mass is 439 g/mol. The molecular weight excluding hydrogens is 410 g/mol. The van der Waals surface area contributed by atoms with E-state index in [0.29, 0.717) is 18.3 Å². The molecule has 1 amide bonds. The molecule has 0 saturated carbocycles. The summed E-state index contributed by atoms with van der Waals surface area (Å²) >= 11 is 1.56. The highest BCUT2D eigenvalue weighted by atomic mass is 32.1. The van der Waals surface area contributed by atoms with Gasteiger partial charge in [0, 0.05) is 24.5 Å². The number of hydrogen-bond acceptors (Lipinski definition) is 7. The molecule has 0 atom stereocenters. The van der Waals surface area contributed by atoms with Crippen molar-refractivity contribution >= 4 is 28.6 Å². The van der Waals surface area contributed by atoms with Crippen LogP contribution in [-0.4, -0.2) is 47.2 Å². The highest BCUT2D eigenvalue weighted by Crippen LogP contribution is 2.27. The van der Waals surface area contributed by atoms with Crippen LogP contribution >= 0.6 is 11.3 Å². The summed E-state index contributed by atoms with van der Waals surface area (Å²) in [7, 11) is 0. The van der Waals surface area contributed by atoms with Gasteiger partial charge in [-0.05, 0) is 67.9 Å². The molecule has 3 aromatic rings. The highest BCUT2D eigenvalue weighted by molar-refractivity contribution is 7.13. The fraction of sp³-hybridized carbons (Fsp3) is 0.435. The fourth-order valence-corrected chi connectivity index (χ4v) is 4.63. The number of anilines is 2. The molecule has 0 aliphatic carbocycles. The van der Waals surface area contributed by atoms with Crippen molar-refractivity contribution in [3.8, 4) is 10.8 Å². The van der Waals surface area contributed by atoms with E-state index in [9.17, 15) is 4.79 Å². The number of carbonyl (C=O) groups excluding carboxylic acids is 1. The van der Waals surface area contributed by atoms with Gasteiger partial charge in [-0.15, -0.1) is 21.5 Å². The maximum absolute atomic E-state index is 12.7. The first-order chi connectivity index (χ1) is 15.1. The third-order valence-electron chi connectivity index (χ3n) is 5.39. The molecule has 0 spiro atoms. The van der Waals surface area contributed by atoms with Gasteiger partial charge in [0.05, 0.1) is 18.0 Å². The summed E-state index contributed by atoms with van der Waals surface area (Å²) in [6.07, 6.45) is 3.43. The Bertz CT molecular complexity index is 995. The number of thiophene rings is 1. The molecule has 0 bridgehead atoms. The Morgan fingerprint density at radius 1 is 1.26 bits per heavy atom. The number of aryl methyl sites for hydroxylation is 1. The number of benzene rings is 1. The summed E-state index contributed by atoms with van der Waals surface area (Å²) in [5, 5.41) is 13.3. The average Bonchev–Trinajstić information content (AvgIpc) is 3.50. The van der Waals surface area contributed by atoms with Gasteiger partial charge < -0.3 is 14.6 Å². The number of nitrogens with one attached hydrogen (secondary N) is 1. The molecule has 3 heterocycles. The van der Waals surface area contributed by atoms with Crippen molar-refractivity contribution in [2.75, 3.05) is 36.4 Å². The molecule has 1 N–H and O–H groups in total. The average molecular weight is 440 g/mol. The predicted octanol–water partition coefficient (Wildman–Crippen LogP) is 4.56. The van der Waals surface area contributed by atoms with Gasteiger partial charge in [-0.3, -0.25) is 9.69 Å². The molecule has 7 nitrogen and oxygen atoms in total. The second-order valence-electron chi connectivity index (χ2n) is 7.93. The molecular formula is C23H29N5O2S. The minimum Gasteiger partial charge on any atom is -0.419 e. The molecule has 2 aromatic heterocycles. The van der Waals surface area contributed by atoms with Gasteiger partial charge in [-0.1, -0.05) is 13.0 Å². The molecule has 0 radical (unpaired) electrons. The number of aromatic nitrogens is 2. The van der Waals surface area contributed by atoms with E-state index < -0.39 is 0 Å². The standard InChI is InChI=1S/C23H29N5O2S/c1-3-10-27(16-22-25-26-23(30-22)20-7-6-13-31-20)15-21(29)24-18-8-9-19(17(2)14-18)28-11-4-5-12-28/h6-9,13-14H,3-5,10-12,15-16H2,1-2H3,(H,24,29). The third-order valence-corrected chi connectivity index (χ3v) is 6.25. The van der Waals surface area contributed by atoms with Crippen molar-refractivity contribution in [2.45, 2.75) is 39.7 Å². The molecule has 4 rings (SSSR count). The molecule has 8 heteroatoms.